The van der Waals surface area contributed by atoms with Crippen LogP contribution >= 0.6 is 0 Å². The number of rotatable bonds is 1. The van der Waals surface area contributed by atoms with Crippen molar-refractivity contribution < 1.29 is 9.90 Å². The maximum atomic E-state index is 10.8. The highest BCUT2D eigenvalue weighted by molar-refractivity contribution is 5.90. The molecule has 0 spiro atoms. The Labute approximate surface area is 75.6 Å². The molecule has 0 atom stereocenters. The van der Waals surface area contributed by atoms with Crippen LogP contribution in [0, 0.1) is 6.92 Å². The highest BCUT2D eigenvalue weighted by atomic mass is 16.4. The van der Waals surface area contributed by atoms with Crippen molar-refractivity contribution in [3.8, 4) is 0 Å². The predicted octanol–water partition coefficient (Wildman–Crippen LogP) is 1.06. The summed E-state index contributed by atoms with van der Waals surface area (Å²) < 4.78 is 0. The van der Waals surface area contributed by atoms with Crippen LogP contribution in [0.25, 0.3) is 0 Å². The van der Waals surface area contributed by atoms with Gasteiger partial charge in [0.2, 0.25) is 0 Å². The van der Waals surface area contributed by atoms with Crippen LogP contribution in [0.15, 0.2) is 6.20 Å². The van der Waals surface area contributed by atoms with E-state index >= 15 is 0 Å². The van der Waals surface area contributed by atoms with Crippen LogP contribution in [0.2, 0.25) is 0 Å². The normalized spacial score (nSPS) is 13.6. The molecule has 0 amide bonds. The van der Waals surface area contributed by atoms with Crippen molar-refractivity contribution in [3.05, 3.63) is 22.9 Å². The summed E-state index contributed by atoms with van der Waals surface area (Å²) in [6.45, 7) is 2.68. The van der Waals surface area contributed by atoms with Gasteiger partial charge < -0.3 is 10.4 Å². The van der Waals surface area contributed by atoms with E-state index in [1.807, 2.05) is 6.92 Å². The second kappa shape index (κ2) is 2.73. The standard InChI is InChI=1S/C9H10N2O2/c1-5-6-2-3-10-8(6)11-4-7(5)9(12)13/h4H,2-3H2,1H3,(H,10,11)(H,12,13). The number of fused-ring (bicyclic) bond motifs is 1. The van der Waals surface area contributed by atoms with Crippen LogP contribution in [0.4, 0.5) is 5.82 Å². The number of nitrogens with zero attached hydrogens (tertiary/aromatic N) is 1. The zero-order valence-electron chi connectivity index (χ0n) is 7.29. The molecule has 0 unspecified atom stereocenters. The van der Waals surface area contributed by atoms with Crippen LogP contribution in [0.1, 0.15) is 21.5 Å². The summed E-state index contributed by atoms with van der Waals surface area (Å²) in [5.74, 6) is -0.0674. The van der Waals surface area contributed by atoms with Gasteiger partial charge in [-0.2, -0.15) is 0 Å². The number of hydrogen-bond donors (Lipinski definition) is 2. The Balaban J connectivity index is 2.59. The number of nitrogens with one attached hydrogen (secondary N) is 1. The minimum Gasteiger partial charge on any atom is -0.478 e. The Morgan fingerprint density at radius 3 is 3.15 bits per heavy atom. The van der Waals surface area contributed by atoms with E-state index in [4.69, 9.17) is 5.11 Å². The first-order chi connectivity index (χ1) is 6.20. The summed E-state index contributed by atoms with van der Waals surface area (Å²) in [6, 6.07) is 0. The fourth-order valence-corrected chi connectivity index (χ4v) is 1.62. The molecule has 0 aromatic carbocycles. The number of anilines is 1. The van der Waals surface area contributed by atoms with Gasteiger partial charge in [0.1, 0.15) is 5.82 Å². The van der Waals surface area contributed by atoms with E-state index in [2.05, 4.69) is 10.3 Å². The van der Waals surface area contributed by atoms with Crippen LogP contribution in [-0.2, 0) is 6.42 Å². The number of carboxylic acid groups (broad SMARTS) is 1. The Bertz CT molecular complexity index is 374. The lowest BCUT2D eigenvalue weighted by molar-refractivity contribution is 0.0695. The van der Waals surface area contributed by atoms with Crippen molar-refractivity contribution in [1.29, 1.82) is 0 Å². The Kier molecular flexibility index (Phi) is 1.69. The minimum atomic E-state index is -0.903. The molecule has 2 N–H and O–H groups in total. The molecule has 0 saturated heterocycles. The molecule has 1 aliphatic rings. The van der Waals surface area contributed by atoms with E-state index in [9.17, 15) is 4.79 Å². The SMILES string of the molecule is Cc1c(C(=O)O)cnc2c1CCN2. The number of pyridine rings is 1. The maximum absolute atomic E-state index is 10.8. The Hall–Kier alpha value is -1.58. The highest BCUT2D eigenvalue weighted by Crippen LogP contribution is 2.24. The molecule has 0 aliphatic carbocycles. The predicted molar refractivity (Wildman–Crippen MR) is 48.1 cm³/mol. The fourth-order valence-electron chi connectivity index (χ4n) is 1.62. The van der Waals surface area contributed by atoms with Gasteiger partial charge >= 0.3 is 5.97 Å². The van der Waals surface area contributed by atoms with Gasteiger partial charge in [-0.1, -0.05) is 0 Å². The van der Waals surface area contributed by atoms with Crippen LogP contribution in [0.3, 0.4) is 0 Å². The van der Waals surface area contributed by atoms with E-state index in [0.29, 0.717) is 5.56 Å². The van der Waals surface area contributed by atoms with E-state index in [-0.39, 0.29) is 0 Å². The van der Waals surface area contributed by atoms with E-state index in [0.717, 1.165) is 29.9 Å². The third kappa shape index (κ3) is 1.14. The molecule has 0 saturated carbocycles. The van der Waals surface area contributed by atoms with Gasteiger partial charge in [0.25, 0.3) is 0 Å². The number of aromatic nitrogens is 1. The van der Waals surface area contributed by atoms with Gasteiger partial charge in [-0.05, 0) is 24.5 Å². The zero-order chi connectivity index (χ0) is 9.42. The molecule has 1 aliphatic heterocycles. The quantitative estimate of drug-likeness (QED) is 0.674. The molecule has 0 fully saturated rings. The van der Waals surface area contributed by atoms with E-state index in [1.165, 1.54) is 6.20 Å². The number of aromatic carboxylic acids is 1. The number of hydrogen-bond acceptors (Lipinski definition) is 3. The minimum absolute atomic E-state index is 0.308. The molecule has 0 radical (unpaired) electrons. The van der Waals surface area contributed by atoms with Crippen molar-refractivity contribution >= 4 is 11.8 Å². The van der Waals surface area contributed by atoms with Gasteiger partial charge in [-0.3, -0.25) is 0 Å². The van der Waals surface area contributed by atoms with Gasteiger partial charge in [-0.15, -0.1) is 0 Å². The topological polar surface area (TPSA) is 62.2 Å². The lowest BCUT2D eigenvalue weighted by Gasteiger charge is -2.05. The Morgan fingerprint density at radius 2 is 2.46 bits per heavy atom. The third-order valence-corrected chi connectivity index (χ3v) is 2.36. The second-order valence-corrected chi connectivity index (χ2v) is 3.11. The first kappa shape index (κ1) is 8.04. The molecule has 1 aromatic heterocycles. The molecule has 2 heterocycles. The molecular weight excluding hydrogens is 168 g/mol. The summed E-state index contributed by atoms with van der Waals surface area (Å²) in [7, 11) is 0. The van der Waals surface area contributed by atoms with E-state index < -0.39 is 5.97 Å². The van der Waals surface area contributed by atoms with Crippen LogP contribution in [0.5, 0.6) is 0 Å². The summed E-state index contributed by atoms with van der Waals surface area (Å²) in [5.41, 5.74) is 2.19. The van der Waals surface area contributed by atoms with Crippen LogP contribution in [-0.4, -0.2) is 22.6 Å². The maximum Gasteiger partial charge on any atom is 0.337 e. The summed E-state index contributed by atoms with van der Waals surface area (Å²) in [6.07, 6.45) is 2.28. The van der Waals surface area contributed by atoms with Crippen molar-refractivity contribution in [3.63, 3.8) is 0 Å². The lowest BCUT2D eigenvalue weighted by Crippen LogP contribution is -2.03. The first-order valence-electron chi connectivity index (χ1n) is 4.16. The largest absolute Gasteiger partial charge is 0.478 e. The van der Waals surface area contributed by atoms with Gasteiger partial charge in [-0.25, -0.2) is 9.78 Å². The average Bonchev–Trinajstić information content (AvgIpc) is 2.52. The molecule has 0 bridgehead atoms. The van der Waals surface area contributed by atoms with Gasteiger partial charge in [0.15, 0.2) is 0 Å². The lowest BCUT2D eigenvalue weighted by atomic mass is 10.0. The molecule has 13 heavy (non-hydrogen) atoms. The molecule has 2 rings (SSSR count). The summed E-state index contributed by atoms with van der Waals surface area (Å²) in [5, 5.41) is 11.9. The van der Waals surface area contributed by atoms with Gasteiger partial charge in [0.05, 0.1) is 5.56 Å². The Morgan fingerprint density at radius 1 is 1.69 bits per heavy atom. The third-order valence-electron chi connectivity index (χ3n) is 2.36. The van der Waals surface area contributed by atoms with Crippen LogP contribution < -0.4 is 5.32 Å². The highest BCUT2D eigenvalue weighted by Gasteiger charge is 2.18. The molecule has 1 aromatic rings. The van der Waals surface area contributed by atoms with Gasteiger partial charge in [0, 0.05) is 12.7 Å². The molecule has 4 nitrogen and oxygen atoms in total. The zero-order valence-corrected chi connectivity index (χ0v) is 7.29. The molecular formula is C9H10N2O2. The molecule has 4 heteroatoms. The van der Waals surface area contributed by atoms with Crippen molar-refractivity contribution in [2.75, 3.05) is 11.9 Å². The van der Waals surface area contributed by atoms with Crippen molar-refractivity contribution in [2.24, 2.45) is 0 Å². The monoisotopic (exact) mass is 178 g/mol. The summed E-state index contributed by atoms with van der Waals surface area (Å²) >= 11 is 0. The summed E-state index contributed by atoms with van der Waals surface area (Å²) in [4.78, 5) is 14.8. The number of carbonyl (C=O) groups is 1. The average molecular weight is 178 g/mol. The van der Waals surface area contributed by atoms with Crippen molar-refractivity contribution in [1.82, 2.24) is 4.98 Å². The van der Waals surface area contributed by atoms with Crippen molar-refractivity contribution in [2.45, 2.75) is 13.3 Å². The smallest absolute Gasteiger partial charge is 0.337 e. The number of carboxylic acids is 1. The second-order valence-electron chi connectivity index (χ2n) is 3.11. The van der Waals surface area contributed by atoms with E-state index in [1.54, 1.807) is 0 Å². The molecule has 68 valence electrons. The first-order valence-corrected chi connectivity index (χ1v) is 4.16. The fraction of sp³-hybridized carbons (Fsp3) is 0.333.